The van der Waals surface area contributed by atoms with Crippen molar-refractivity contribution < 1.29 is 18.3 Å². The summed E-state index contributed by atoms with van der Waals surface area (Å²) in [6.07, 6.45) is 4.70. The van der Waals surface area contributed by atoms with Gasteiger partial charge in [-0.2, -0.15) is 14.0 Å². The van der Waals surface area contributed by atoms with E-state index in [1.807, 2.05) is 24.3 Å². The second-order valence-electron chi connectivity index (χ2n) is 5.15. The Hall–Kier alpha value is -3.11. The Balaban J connectivity index is 2.06. The molecule has 1 amide bonds. The number of anilines is 1. The highest BCUT2D eigenvalue weighted by molar-refractivity contribution is 7.99. The highest BCUT2D eigenvalue weighted by Crippen LogP contribution is 2.26. The van der Waals surface area contributed by atoms with E-state index < -0.39 is 11.7 Å². The number of halogens is 2. The third-order valence-corrected chi connectivity index (χ3v) is 4.10. The predicted octanol–water partition coefficient (Wildman–Crippen LogP) is 5.11. The zero-order valence-corrected chi connectivity index (χ0v) is 15.2. The summed E-state index contributed by atoms with van der Waals surface area (Å²) in [5.74, 6) is -2.42. The number of benzene rings is 2. The maximum absolute atomic E-state index is 12.3. The Morgan fingerprint density at radius 1 is 1.22 bits per heavy atom. The van der Waals surface area contributed by atoms with Gasteiger partial charge >= 0.3 is 0 Å². The van der Waals surface area contributed by atoms with Gasteiger partial charge in [0.15, 0.2) is 0 Å². The van der Waals surface area contributed by atoms with Crippen molar-refractivity contribution in [3.63, 3.8) is 0 Å². The summed E-state index contributed by atoms with van der Waals surface area (Å²) in [4.78, 5) is 12.6. The largest absolute Gasteiger partial charge is 0.496 e. The summed E-state index contributed by atoms with van der Waals surface area (Å²) in [6.45, 7) is 0. The molecule has 0 unspecified atom stereocenters. The van der Waals surface area contributed by atoms with Gasteiger partial charge in [-0.05, 0) is 36.4 Å². The van der Waals surface area contributed by atoms with Gasteiger partial charge in [-0.1, -0.05) is 42.1 Å². The molecule has 4 nitrogen and oxygen atoms in total. The molecular weight excluding hydrogens is 370 g/mol. The fraction of sp³-hybridized carbons (Fsp3) is 0.100. The highest BCUT2D eigenvalue weighted by Gasteiger charge is 2.09. The fourth-order valence-electron chi connectivity index (χ4n) is 2.13. The lowest BCUT2D eigenvalue weighted by Gasteiger charge is -2.05. The zero-order valence-electron chi connectivity index (χ0n) is 14.4. The van der Waals surface area contributed by atoms with Crippen LogP contribution in [-0.2, 0) is 4.79 Å². The molecule has 0 aliphatic carbocycles. The number of allylic oxidation sites excluding steroid dienone is 2. The SMILES string of the molecule is COc1ccccc1/C=C/C=C(\C#N)C(=O)Nc1ccc(SC(F)F)cc1. The molecule has 0 spiro atoms. The van der Waals surface area contributed by atoms with E-state index in [4.69, 9.17) is 4.74 Å². The van der Waals surface area contributed by atoms with Gasteiger partial charge in [0.1, 0.15) is 17.4 Å². The normalized spacial score (nSPS) is 11.4. The van der Waals surface area contributed by atoms with Crippen LogP contribution in [0.3, 0.4) is 0 Å². The number of carbonyl (C=O) groups is 1. The van der Waals surface area contributed by atoms with Gasteiger partial charge in [0, 0.05) is 16.1 Å². The number of methoxy groups -OCH3 is 1. The van der Waals surface area contributed by atoms with Crippen LogP contribution in [0, 0.1) is 11.3 Å². The van der Waals surface area contributed by atoms with Crippen molar-refractivity contribution in [3.05, 3.63) is 71.8 Å². The number of nitrogens with one attached hydrogen (secondary N) is 1. The van der Waals surface area contributed by atoms with E-state index in [9.17, 15) is 18.8 Å². The molecular formula is C20H16F2N2O2S. The minimum absolute atomic E-state index is 0.0906. The number of carbonyl (C=O) groups excluding carboxylic acids is 1. The standard InChI is InChI=1S/C20H16F2N2O2S/c1-26-18-8-3-2-5-14(18)6-4-7-15(13-23)19(25)24-16-9-11-17(12-10-16)27-20(21)22/h2-12,20H,1H3,(H,24,25)/b6-4+,15-7+. The summed E-state index contributed by atoms with van der Waals surface area (Å²) >= 11 is 0.420. The summed E-state index contributed by atoms with van der Waals surface area (Å²) in [6, 6.07) is 15.1. The number of rotatable bonds is 7. The summed E-state index contributed by atoms with van der Waals surface area (Å²) in [5, 5.41) is 11.8. The van der Waals surface area contributed by atoms with Gasteiger partial charge in [0.05, 0.1) is 7.11 Å². The van der Waals surface area contributed by atoms with E-state index in [1.54, 1.807) is 25.3 Å². The maximum atomic E-state index is 12.3. The number of amides is 1. The summed E-state index contributed by atoms with van der Waals surface area (Å²) < 4.78 is 29.8. The number of thioether (sulfide) groups is 1. The molecule has 0 atom stereocenters. The Morgan fingerprint density at radius 3 is 2.56 bits per heavy atom. The van der Waals surface area contributed by atoms with Crippen molar-refractivity contribution in [1.29, 1.82) is 5.26 Å². The van der Waals surface area contributed by atoms with Crippen LogP contribution in [0.2, 0.25) is 0 Å². The summed E-state index contributed by atoms with van der Waals surface area (Å²) in [7, 11) is 1.56. The van der Waals surface area contributed by atoms with Crippen molar-refractivity contribution in [3.8, 4) is 11.8 Å². The molecule has 0 aliphatic heterocycles. The van der Waals surface area contributed by atoms with Gasteiger partial charge in [-0.15, -0.1) is 0 Å². The first-order valence-electron chi connectivity index (χ1n) is 7.81. The Labute approximate surface area is 160 Å². The second-order valence-corrected chi connectivity index (χ2v) is 6.21. The highest BCUT2D eigenvalue weighted by atomic mass is 32.2. The van der Waals surface area contributed by atoms with Crippen molar-refractivity contribution >= 4 is 29.4 Å². The number of nitrogens with zero attached hydrogens (tertiary/aromatic N) is 1. The number of alkyl halides is 2. The monoisotopic (exact) mass is 386 g/mol. The van der Waals surface area contributed by atoms with Crippen LogP contribution in [0.5, 0.6) is 5.75 Å². The van der Waals surface area contributed by atoms with E-state index >= 15 is 0 Å². The molecule has 138 valence electrons. The first-order valence-corrected chi connectivity index (χ1v) is 8.69. The smallest absolute Gasteiger partial charge is 0.288 e. The third kappa shape index (κ3) is 6.28. The Bertz CT molecular complexity index is 888. The topological polar surface area (TPSA) is 62.1 Å². The molecule has 7 heteroatoms. The van der Waals surface area contributed by atoms with Crippen LogP contribution in [0.4, 0.5) is 14.5 Å². The van der Waals surface area contributed by atoms with Gasteiger partial charge in [-0.25, -0.2) is 0 Å². The Kier molecular flexibility index (Phi) is 7.59. The van der Waals surface area contributed by atoms with Crippen LogP contribution in [0.15, 0.2) is 71.2 Å². The van der Waals surface area contributed by atoms with Crippen molar-refractivity contribution in [2.45, 2.75) is 10.7 Å². The number of nitriles is 1. The van der Waals surface area contributed by atoms with E-state index in [-0.39, 0.29) is 5.57 Å². The summed E-state index contributed by atoms with van der Waals surface area (Å²) in [5.41, 5.74) is 1.13. The minimum Gasteiger partial charge on any atom is -0.496 e. The lowest BCUT2D eigenvalue weighted by Crippen LogP contribution is -2.13. The van der Waals surface area contributed by atoms with E-state index in [0.29, 0.717) is 28.1 Å². The number of ether oxygens (including phenoxy) is 1. The first kappa shape index (κ1) is 20.2. The fourth-order valence-corrected chi connectivity index (χ4v) is 2.63. The molecule has 0 aromatic heterocycles. The molecule has 0 saturated heterocycles. The number of hydrogen-bond donors (Lipinski definition) is 1. The van der Waals surface area contributed by atoms with Crippen molar-refractivity contribution in [1.82, 2.24) is 0 Å². The third-order valence-electron chi connectivity index (χ3n) is 3.38. The van der Waals surface area contributed by atoms with Crippen LogP contribution in [-0.4, -0.2) is 18.8 Å². The first-order chi connectivity index (χ1) is 13.0. The van der Waals surface area contributed by atoms with E-state index in [2.05, 4.69) is 5.32 Å². The number of hydrogen-bond acceptors (Lipinski definition) is 4. The molecule has 0 saturated carbocycles. The van der Waals surface area contributed by atoms with Gasteiger partial charge < -0.3 is 10.1 Å². The lowest BCUT2D eigenvalue weighted by atomic mass is 10.1. The van der Waals surface area contributed by atoms with Gasteiger partial charge in [0.25, 0.3) is 11.7 Å². The van der Waals surface area contributed by atoms with E-state index in [1.165, 1.54) is 30.3 Å². The second kappa shape index (κ2) is 10.1. The quantitative estimate of drug-likeness (QED) is 0.311. The molecule has 0 radical (unpaired) electrons. The molecule has 2 aromatic rings. The molecule has 2 aromatic carbocycles. The minimum atomic E-state index is -2.51. The maximum Gasteiger partial charge on any atom is 0.288 e. The molecule has 0 fully saturated rings. The zero-order chi connectivity index (χ0) is 19.6. The van der Waals surface area contributed by atoms with Crippen LogP contribution < -0.4 is 10.1 Å². The molecule has 0 heterocycles. The Morgan fingerprint density at radius 2 is 1.93 bits per heavy atom. The van der Waals surface area contributed by atoms with Crippen LogP contribution >= 0.6 is 11.8 Å². The average molecular weight is 386 g/mol. The van der Waals surface area contributed by atoms with Gasteiger partial charge in [-0.3, -0.25) is 4.79 Å². The molecule has 1 N–H and O–H groups in total. The average Bonchev–Trinajstić information content (AvgIpc) is 2.66. The lowest BCUT2D eigenvalue weighted by molar-refractivity contribution is -0.112. The molecule has 27 heavy (non-hydrogen) atoms. The predicted molar refractivity (Wildman–Crippen MR) is 103 cm³/mol. The van der Waals surface area contributed by atoms with Crippen molar-refractivity contribution in [2.24, 2.45) is 0 Å². The molecule has 0 bridgehead atoms. The molecule has 2 rings (SSSR count). The molecule has 0 aliphatic rings. The van der Waals surface area contributed by atoms with E-state index in [0.717, 1.165) is 5.56 Å². The van der Waals surface area contributed by atoms with Crippen molar-refractivity contribution in [2.75, 3.05) is 12.4 Å². The van der Waals surface area contributed by atoms with Crippen LogP contribution in [0.1, 0.15) is 5.56 Å². The van der Waals surface area contributed by atoms with Gasteiger partial charge in [0.2, 0.25) is 0 Å². The number of para-hydroxylation sites is 1. The van der Waals surface area contributed by atoms with Crippen LogP contribution in [0.25, 0.3) is 6.08 Å².